The van der Waals surface area contributed by atoms with Gasteiger partial charge in [0.25, 0.3) is 0 Å². The number of carbonyl (C=O) groups excluding carboxylic acids is 2. The van der Waals surface area contributed by atoms with E-state index < -0.39 is 18.6 Å². The number of anilines is 1. The number of aliphatic carboxylic acids is 1. The van der Waals surface area contributed by atoms with E-state index in [2.05, 4.69) is 16.0 Å². The van der Waals surface area contributed by atoms with Gasteiger partial charge in [0, 0.05) is 12.2 Å². The van der Waals surface area contributed by atoms with Gasteiger partial charge in [0.15, 0.2) is 6.61 Å². The van der Waals surface area contributed by atoms with Gasteiger partial charge >= 0.3 is 5.97 Å². The van der Waals surface area contributed by atoms with Gasteiger partial charge in [-0.15, -0.1) is 0 Å². The molecule has 1 saturated heterocycles. The summed E-state index contributed by atoms with van der Waals surface area (Å²) in [5.74, 6) is -1.05. The lowest BCUT2D eigenvalue weighted by Crippen LogP contribution is -2.56. The zero-order valence-corrected chi connectivity index (χ0v) is 11.1. The molecule has 4 N–H and O–H groups in total. The van der Waals surface area contributed by atoms with E-state index in [1.165, 1.54) is 0 Å². The molecule has 8 nitrogen and oxygen atoms in total. The van der Waals surface area contributed by atoms with Gasteiger partial charge in [0.1, 0.15) is 11.8 Å². The van der Waals surface area contributed by atoms with Crippen molar-refractivity contribution in [1.82, 2.24) is 10.6 Å². The highest BCUT2D eigenvalue weighted by Gasteiger charge is 2.23. The van der Waals surface area contributed by atoms with Crippen LogP contribution in [0.5, 0.6) is 5.75 Å². The lowest BCUT2D eigenvalue weighted by molar-refractivity contribution is -0.139. The number of carboxylic acids is 1. The second kappa shape index (κ2) is 6.71. The summed E-state index contributed by atoms with van der Waals surface area (Å²) < 4.78 is 4.98. The van der Waals surface area contributed by atoms with Crippen molar-refractivity contribution in [3.8, 4) is 5.75 Å². The van der Waals surface area contributed by atoms with Crippen LogP contribution in [-0.2, 0) is 14.4 Å². The molecule has 1 unspecified atom stereocenters. The van der Waals surface area contributed by atoms with Crippen molar-refractivity contribution in [2.24, 2.45) is 0 Å². The minimum atomic E-state index is -1.06. The Hall–Kier alpha value is -2.61. The molecular formula is C13H15N3O5. The lowest BCUT2D eigenvalue weighted by atomic mass is 10.2. The molecule has 0 bridgehead atoms. The maximum atomic E-state index is 11.9. The molecule has 112 valence electrons. The molecule has 2 rings (SSSR count). The number of hydrogen-bond donors (Lipinski definition) is 4. The Labute approximate surface area is 120 Å². The van der Waals surface area contributed by atoms with Crippen LogP contribution in [0, 0.1) is 0 Å². The fourth-order valence-corrected chi connectivity index (χ4v) is 1.76. The average Bonchev–Trinajstić information content (AvgIpc) is 2.47. The highest BCUT2D eigenvalue weighted by molar-refractivity contribution is 5.96. The summed E-state index contributed by atoms with van der Waals surface area (Å²) >= 11 is 0. The molecule has 0 aliphatic carbocycles. The van der Waals surface area contributed by atoms with E-state index in [1.54, 1.807) is 24.3 Å². The summed E-state index contributed by atoms with van der Waals surface area (Å²) in [5, 5.41) is 16.6. The first-order chi connectivity index (χ1) is 10.0. The first-order valence-electron chi connectivity index (χ1n) is 6.30. The Morgan fingerprint density at radius 2 is 2.05 bits per heavy atom. The van der Waals surface area contributed by atoms with Crippen LogP contribution >= 0.6 is 0 Å². The van der Waals surface area contributed by atoms with Gasteiger partial charge in [-0.3, -0.25) is 14.9 Å². The van der Waals surface area contributed by atoms with E-state index in [-0.39, 0.29) is 24.9 Å². The quantitative estimate of drug-likeness (QED) is 0.563. The SMILES string of the molecule is O=C(O)COc1ccc(NC(=O)C2CNC(=O)CN2)cc1. The number of amides is 2. The maximum absolute atomic E-state index is 11.9. The Bertz CT molecular complexity index is 533. The van der Waals surface area contributed by atoms with Gasteiger partial charge in [-0.1, -0.05) is 0 Å². The Balaban J connectivity index is 1.86. The monoisotopic (exact) mass is 293 g/mol. The van der Waals surface area contributed by atoms with Crippen molar-refractivity contribution in [2.75, 3.05) is 25.0 Å². The number of carboxylic acid groups (broad SMARTS) is 1. The fourth-order valence-electron chi connectivity index (χ4n) is 1.76. The van der Waals surface area contributed by atoms with Gasteiger partial charge < -0.3 is 20.5 Å². The third-order valence-electron chi connectivity index (χ3n) is 2.81. The second-order valence-corrected chi connectivity index (χ2v) is 4.43. The van der Waals surface area contributed by atoms with Crippen LogP contribution in [0.4, 0.5) is 5.69 Å². The van der Waals surface area contributed by atoms with Gasteiger partial charge in [-0.2, -0.15) is 0 Å². The summed E-state index contributed by atoms with van der Waals surface area (Å²) in [6.07, 6.45) is 0. The van der Waals surface area contributed by atoms with E-state index >= 15 is 0 Å². The summed E-state index contributed by atoms with van der Waals surface area (Å²) in [6, 6.07) is 5.86. The first-order valence-corrected chi connectivity index (χ1v) is 6.30. The fraction of sp³-hybridized carbons (Fsp3) is 0.308. The largest absolute Gasteiger partial charge is 0.482 e. The molecule has 0 saturated carbocycles. The van der Waals surface area contributed by atoms with E-state index in [0.29, 0.717) is 11.4 Å². The van der Waals surface area contributed by atoms with Crippen LogP contribution in [-0.4, -0.2) is 48.6 Å². The van der Waals surface area contributed by atoms with E-state index in [1.807, 2.05) is 0 Å². The molecule has 21 heavy (non-hydrogen) atoms. The Morgan fingerprint density at radius 1 is 1.33 bits per heavy atom. The number of piperazine rings is 1. The standard InChI is InChI=1S/C13H15N3O5/c17-11-6-14-10(5-15-11)13(20)16-8-1-3-9(4-2-8)21-7-12(18)19/h1-4,10,14H,5-7H2,(H,15,17)(H,16,20)(H,18,19). The normalized spacial score (nSPS) is 17.7. The molecule has 1 aromatic carbocycles. The second-order valence-electron chi connectivity index (χ2n) is 4.43. The van der Waals surface area contributed by atoms with Crippen molar-refractivity contribution in [1.29, 1.82) is 0 Å². The smallest absolute Gasteiger partial charge is 0.341 e. The molecule has 0 aromatic heterocycles. The van der Waals surface area contributed by atoms with Crippen molar-refractivity contribution >= 4 is 23.5 Å². The zero-order chi connectivity index (χ0) is 15.2. The average molecular weight is 293 g/mol. The molecule has 1 atom stereocenters. The van der Waals surface area contributed by atoms with Crippen LogP contribution < -0.4 is 20.7 Å². The predicted octanol–water partition coefficient (Wildman–Crippen LogP) is -0.823. The van der Waals surface area contributed by atoms with Crippen LogP contribution in [0.2, 0.25) is 0 Å². The van der Waals surface area contributed by atoms with E-state index in [9.17, 15) is 14.4 Å². The molecule has 8 heteroatoms. The van der Waals surface area contributed by atoms with Gasteiger partial charge in [-0.25, -0.2) is 4.79 Å². The minimum absolute atomic E-state index is 0.111. The summed E-state index contributed by atoms with van der Waals surface area (Å²) in [5.41, 5.74) is 0.557. The van der Waals surface area contributed by atoms with Crippen LogP contribution in [0.1, 0.15) is 0 Å². The number of nitrogens with one attached hydrogen (secondary N) is 3. The Kier molecular flexibility index (Phi) is 4.72. The first kappa shape index (κ1) is 14.8. The molecule has 1 aliphatic rings. The Morgan fingerprint density at radius 3 is 2.62 bits per heavy atom. The van der Waals surface area contributed by atoms with Crippen LogP contribution in [0.15, 0.2) is 24.3 Å². The number of hydrogen-bond acceptors (Lipinski definition) is 5. The van der Waals surface area contributed by atoms with Gasteiger partial charge in [0.05, 0.1) is 6.54 Å². The molecule has 1 aromatic rings. The van der Waals surface area contributed by atoms with E-state index in [4.69, 9.17) is 9.84 Å². The maximum Gasteiger partial charge on any atom is 0.341 e. The number of carbonyl (C=O) groups is 3. The van der Waals surface area contributed by atoms with Crippen molar-refractivity contribution in [2.45, 2.75) is 6.04 Å². The predicted molar refractivity (Wildman–Crippen MR) is 73.0 cm³/mol. The highest BCUT2D eigenvalue weighted by Crippen LogP contribution is 2.15. The number of benzene rings is 1. The molecule has 1 aliphatic heterocycles. The van der Waals surface area contributed by atoms with Gasteiger partial charge in [0.2, 0.25) is 11.8 Å². The third kappa shape index (κ3) is 4.46. The van der Waals surface area contributed by atoms with Crippen LogP contribution in [0.3, 0.4) is 0 Å². The summed E-state index contributed by atoms with van der Waals surface area (Å²) in [7, 11) is 0. The zero-order valence-electron chi connectivity index (χ0n) is 11.1. The number of ether oxygens (including phenoxy) is 1. The third-order valence-corrected chi connectivity index (χ3v) is 2.81. The van der Waals surface area contributed by atoms with E-state index in [0.717, 1.165) is 0 Å². The van der Waals surface area contributed by atoms with Crippen molar-refractivity contribution < 1.29 is 24.2 Å². The molecule has 0 radical (unpaired) electrons. The highest BCUT2D eigenvalue weighted by atomic mass is 16.5. The molecule has 1 fully saturated rings. The molecule has 1 heterocycles. The molecular weight excluding hydrogens is 278 g/mol. The van der Waals surface area contributed by atoms with Crippen LogP contribution in [0.25, 0.3) is 0 Å². The summed E-state index contributed by atoms with van der Waals surface area (Å²) in [4.78, 5) is 33.3. The van der Waals surface area contributed by atoms with Crippen molar-refractivity contribution in [3.63, 3.8) is 0 Å². The molecule has 2 amide bonds. The minimum Gasteiger partial charge on any atom is -0.482 e. The van der Waals surface area contributed by atoms with Gasteiger partial charge in [-0.05, 0) is 24.3 Å². The molecule has 0 spiro atoms. The summed E-state index contributed by atoms with van der Waals surface area (Å²) in [6.45, 7) is -0.0675. The topological polar surface area (TPSA) is 117 Å². The van der Waals surface area contributed by atoms with Crippen molar-refractivity contribution in [3.05, 3.63) is 24.3 Å². The number of rotatable bonds is 5. The lowest BCUT2D eigenvalue weighted by Gasteiger charge is -2.23.